The number of methoxy groups -OCH3 is 1. The molecule has 0 aliphatic carbocycles. The molecule has 1 N–H and O–H groups in total. The summed E-state index contributed by atoms with van der Waals surface area (Å²) in [6.45, 7) is 0.700. The van der Waals surface area contributed by atoms with Gasteiger partial charge in [-0.3, -0.25) is 4.79 Å². The van der Waals surface area contributed by atoms with Crippen molar-refractivity contribution in [3.63, 3.8) is 0 Å². The summed E-state index contributed by atoms with van der Waals surface area (Å²) in [5.41, 5.74) is 2.75. The number of hydrogen-bond acceptors (Lipinski definition) is 5. The number of benzene rings is 1. The van der Waals surface area contributed by atoms with Gasteiger partial charge in [0.25, 0.3) is 0 Å². The first-order valence-corrected chi connectivity index (χ1v) is 10.00. The second-order valence-corrected chi connectivity index (χ2v) is 8.24. The van der Waals surface area contributed by atoms with Gasteiger partial charge in [0, 0.05) is 26.6 Å². The Kier molecular flexibility index (Phi) is 4.34. The van der Waals surface area contributed by atoms with Crippen molar-refractivity contribution >= 4 is 21.6 Å². The van der Waals surface area contributed by atoms with Crippen molar-refractivity contribution in [2.75, 3.05) is 25.1 Å². The molecule has 0 saturated heterocycles. The van der Waals surface area contributed by atoms with Crippen LogP contribution in [-0.2, 0) is 32.4 Å². The van der Waals surface area contributed by atoms with Gasteiger partial charge in [-0.2, -0.15) is 0 Å². The van der Waals surface area contributed by atoms with Crippen LogP contribution in [0.4, 0.5) is 5.69 Å². The van der Waals surface area contributed by atoms with E-state index < -0.39 is 16.1 Å². The number of furan rings is 1. The van der Waals surface area contributed by atoms with Crippen LogP contribution in [0.5, 0.6) is 0 Å². The topological polar surface area (TPSA) is 88.9 Å². The average molecular weight is 376 g/mol. The van der Waals surface area contributed by atoms with E-state index in [0.29, 0.717) is 31.6 Å². The number of ether oxygens (including phenoxy) is 1. The maximum absolute atomic E-state index is 12.8. The SMILES string of the molecule is COC(CNS(=O)(=O)c1cc2c3c(c1)CCN3C(=O)CC2)c1ccco1. The largest absolute Gasteiger partial charge is 0.467 e. The first kappa shape index (κ1) is 17.3. The first-order valence-electron chi connectivity index (χ1n) is 8.51. The van der Waals surface area contributed by atoms with Gasteiger partial charge in [-0.05, 0) is 48.2 Å². The Hall–Kier alpha value is -2.16. The smallest absolute Gasteiger partial charge is 0.240 e. The minimum atomic E-state index is -3.69. The van der Waals surface area contributed by atoms with Gasteiger partial charge < -0.3 is 14.1 Å². The zero-order chi connectivity index (χ0) is 18.3. The maximum atomic E-state index is 12.8. The Balaban J connectivity index is 1.58. The van der Waals surface area contributed by atoms with Crippen LogP contribution in [0, 0.1) is 0 Å². The molecule has 0 saturated carbocycles. The molecule has 138 valence electrons. The minimum absolute atomic E-state index is 0.0728. The third-order valence-corrected chi connectivity index (χ3v) is 6.34. The zero-order valence-corrected chi connectivity index (χ0v) is 15.2. The Labute approximate surface area is 152 Å². The second-order valence-electron chi connectivity index (χ2n) is 6.48. The highest BCUT2D eigenvalue weighted by Crippen LogP contribution is 2.38. The third kappa shape index (κ3) is 2.94. The van der Waals surface area contributed by atoms with Crippen molar-refractivity contribution in [3.05, 3.63) is 47.4 Å². The molecule has 1 amide bonds. The monoisotopic (exact) mass is 376 g/mol. The van der Waals surface area contributed by atoms with E-state index >= 15 is 0 Å². The molecule has 1 atom stereocenters. The normalized spacial score (nSPS) is 17.4. The van der Waals surface area contributed by atoms with Gasteiger partial charge in [0.05, 0.1) is 16.8 Å². The first-order chi connectivity index (χ1) is 12.5. The van der Waals surface area contributed by atoms with Crippen LogP contribution in [0.25, 0.3) is 0 Å². The predicted octanol–water partition coefficient (Wildman–Crippen LogP) is 1.78. The zero-order valence-electron chi connectivity index (χ0n) is 14.4. The number of sulfonamides is 1. The molecule has 3 heterocycles. The van der Waals surface area contributed by atoms with Crippen molar-refractivity contribution in [2.24, 2.45) is 0 Å². The number of carbonyl (C=O) groups excluding carboxylic acids is 1. The van der Waals surface area contributed by atoms with E-state index in [1.54, 1.807) is 29.2 Å². The molecule has 2 aliphatic heterocycles. The number of nitrogens with zero attached hydrogens (tertiary/aromatic N) is 1. The maximum Gasteiger partial charge on any atom is 0.240 e. The second kappa shape index (κ2) is 6.53. The summed E-state index contributed by atoms with van der Waals surface area (Å²) < 4.78 is 38.8. The van der Waals surface area contributed by atoms with Gasteiger partial charge in [-0.1, -0.05) is 0 Å². The van der Waals surface area contributed by atoms with Crippen molar-refractivity contribution in [1.29, 1.82) is 0 Å². The van der Waals surface area contributed by atoms with Crippen LogP contribution in [0.2, 0.25) is 0 Å². The van der Waals surface area contributed by atoms with Crippen LogP contribution in [0.3, 0.4) is 0 Å². The third-order valence-electron chi connectivity index (χ3n) is 4.94. The van der Waals surface area contributed by atoms with E-state index in [0.717, 1.165) is 16.8 Å². The fourth-order valence-electron chi connectivity index (χ4n) is 3.62. The Morgan fingerprint density at radius 1 is 1.27 bits per heavy atom. The number of anilines is 1. The summed E-state index contributed by atoms with van der Waals surface area (Å²) in [5, 5.41) is 0. The van der Waals surface area contributed by atoms with Crippen molar-refractivity contribution < 1.29 is 22.4 Å². The van der Waals surface area contributed by atoms with E-state index in [-0.39, 0.29) is 17.3 Å². The molecule has 7 nitrogen and oxygen atoms in total. The molecule has 2 aromatic rings. The molecular weight excluding hydrogens is 356 g/mol. The van der Waals surface area contributed by atoms with Gasteiger partial charge in [0.2, 0.25) is 15.9 Å². The number of carbonyl (C=O) groups is 1. The fourth-order valence-corrected chi connectivity index (χ4v) is 4.76. The van der Waals surface area contributed by atoms with Crippen molar-refractivity contribution in [1.82, 2.24) is 4.72 Å². The van der Waals surface area contributed by atoms with Crippen LogP contribution in [-0.4, -0.2) is 34.5 Å². The number of hydrogen-bond donors (Lipinski definition) is 1. The summed E-state index contributed by atoms with van der Waals surface area (Å²) in [5.74, 6) is 0.680. The molecule has 8 heteroatoms. The summed E-state index contributed by atoms with van der Waals surface area (Å²) in [4.78, 5) is 14.0. The highest BCUT2D eigenvalue weighted by molar-refractivity contribution is 7.89. The summed E-state index contributed by atoms with van der Waals surface area (Å²) in [6, 6.07) is 6.83. The van der Waals surface area contributed by atoms with E-state index in [4.69, 9.17) is 9.15 Å². The highest BCUT2D eigenvalue weighted by Gasteiger charge is 2.33. The predicted molar refractivity (Wildman–Crippen MR) is 94.5 cm³/mol. The van der Waals surface area contributed by atoms with Crippen LogP contribution >= 0.6 is 0 Å². The minimum Gasteiger partial charge on any atom is -0.467 e. The molecular formula is C18H20N2O5S. The molecule has 26 heavy (non-hydrogen) atoms. The molecule has 0 fully saturated rings. The van der Waals surface area contributed by atoms with E-state index in [1.807, 2.05) is 0 Å². The van der Waals surface area contributed by atoms with Crippen molar-refractivity contribution in [2.45, 2.75) is 30.3 Å². The molecule has 1 aromatic carbocycles. The Morgan fingerprint density at radius 3 is 2.73 bits per heavy atom. The lowest BCUT2D eigenvalue weighted by Crippen LogP contribution is -2.33. The average Bonchev–Trinajstić information content (AvgIpc) is 3.29. The molecule has 0 radical (unpaired) electrons. The summed E-state index contributed by atoms with van der Waals surface area (Å²) in [7, 11) is -2.19. The van der Waals surface area contributed by atoms with Gasteiger partial charge in [-0.15, -0.1) is 0 Å². The molecule has 0 spiro atoms. The lowest BCUT2D eigenvalue weighted by Gasteiger charge is -2.25. The molecule has 1 unspecified atom stereocenters. The van der Waals surface area contributed by atoms with Gasteiger partial charge in [0.15, 0.2) is 0 Å². The van der Waals surface area contributed by atoms with Crippen LogP contribution in [0.1, 0.15) is 29.4 Å². The number of amides is 1. The molecule has 4 rings (SSSR count). The molecule has 2 aliphatic rings. The van der Waals surface area contributed by atoms with Crippen molar-refractivity contribution in [3.8, 4) is 0 Å². The van der Waals surface area contributed by atoms with Gasteiger partial charge in [0.1, 0.15) is 11.9 Å². The lowest BCUT2D eigenvalue weighted by atomic mass is 10.00. The molecule has 1 aromatic heterocycles. The van der Waals surface area contributed by atoms with Crippen LogP contribution in [0.15, 0.2) is 39.8 Å². The van der Waals surface area contributed by atoms with Gasteiger partial charge >= 0.3 is 0 Å². The van der Waals surface area contributed by atoms with Gasteiger partial charge in [-0.25, -0.2) is 13.1 Å². The fraction of sp³-hybridized carbons (Fsp3) is 0.389. The van der Waals surface area contributed by atoms with E-state index in [9.17, 15) is 13.2 Å². The summed E-state index contributed by atoms with van der Waals surface area (Å²) in [6.07, 6.45) is 2.71. The Morgan fingerprint density at radius 2 is 2.04 bits per heavy atom. The lowest BCUT2D eigenvalue weighted by molar-refractivity contribution is -0.118. The summed E-state index contributed by atoms with van der Waals surface area (Å²) >= 11 is 0. The van der Waals surface area contributed by atoms with E-state index in [2.05, 4.69) is 4.72 Å². The van der Waals surface area contributed by atoms with Crippen LogP contribution < -0.4 is 9.62 Å². The highest BCUT2D eigenvalue weighted by atomic mass is 32.2. The standard InChI is InChI=1S/C18H20N2O5S/c1-24-16(15-3-2-8-25-15)11-19-26(22,23)14-9-12-4-5-17(21)20-7-6-13(10-14)18(12)20/h2-3,8-10,16,19H,4-7,11H2,1H3. The quantitative estimate of drug-likeness (QED) is 0.830. The molecule has 0 bridgehead atoms. The Bertz CT molecular complexity index is 937. The van der Waals surface area contributed by atoms with E-state index in [1.165, 1.54) is 13.4 Å². The number of nitrogens with one attached hydrogen (secondary N) is 1. The number of rotatable bonds is 6. The number of aryl methyl sites for hydroxylation is 1.